The number of hydrogen-bond acceptors (Lipinski definition) is 2. The topological polar surface area (TPSA) is 29.9 Å². The highest BCUT2D eigenvalue weighted by atomic mass is 15.2. The van der Waals surface area contributed by atoms with Crippen LogP contribution in [0.15, 0.2) is 24.4 Å². The van der Waals surface area contributed by atoms with Gasteiger partial charge in [-0.05, 0) is 24.6 Å². The molecule has 0 saturated carbocycles. The molecule has 1 heterocycles. The monoisotopic (exact) mass is 217 g/mol. The summed E-state index contributed by atoms with van der Waals surface area (Å²) in [6.45, 7) is 4.46. The molecule has 0 saturated heterocycles. The molecule has 0 spiro atoms. The molecule has 0 aliphatic heterocycles. The van der Waals surface area contributed by atoms with Gasteiger partial charge in [-0.25, -0.2) is 0 Å². The molecular formula is C13H19N3. The minimum absolute atomic E-state index is 0.402. The largest absolute Gasteiger partial charge is 0.313 e. The van der Waals surface area contributed by atoms with E-state index in [1.54, 1.807) is 0 Å². The molecule has 1 atom stereocenters. The highest BCUT2D eigenvalue weighted by Gasteiger charge is 2.14. The Morgan fingerprint density at radius 3 is 2.69 bits per heavy atom. The minimum atomic E-state index is 0.402. The molecule has 2 aromatic rings. The SMILES string of the molecule is CN[C@H](c1ccc2cnn(C)c2c1)C(C)C. The average Bonchev–Trinajstić information content (AvgIpc) is 2.61. The van der Waals surface area contributed by atoms with Gasteiger partial charge in [0, 0.05) is 18.5 Å². The van der Waals surface area contributed by atoms with Crippen LogP contribution in [0.25, 0.3) is 10.9 Å². The summed E-state index contributed by atoms with van der Waals surface area (Å²) < 4.78 is 1.92. The van der Waals surface area contributed by atoms with E-state index < -0.39 is 0 Å². The Kier molecular flexibility index (Phi) is 2.97. The second-order valence-corrected chi connectivity index (χ2v) is 4.60. The molecule has 1 aromatic carbocycles. The van der Waals surface area contributed by atoms with Crippen molar-refractivity contribution in [3.8, 4) is 0 Å². The van der Waals surface area contributed by atoms with E-state index >= 15 is 0 Å². The summed E-state index contributed by atoms with van der Waals surface area (Å²) in [4.78, 5) is 0. The van der Waals surface area contributed by atoms with Gasteiger partial charge in [0.15, 0.2) is 0 Å². The van der Waals surface area contributed by atoms with Crippen LogP contribution in [0.5, 0.6) is 0 Å². The normalized spacial score (nSPS) is 13.6. The van der Waals surface area contributed by atoms with Crippen LogP contribution in [0.3, 0.4) is 0 Å². The van der Waals surface area contributed by atoms with Gasteiger partial charge in [-0.1, -0.05) is 26.0 Å². The van der Waals surface area contributed by atoms with Crippen molar-refractivity contribution >= 4 is 10.9 Å². The number of benzene rings is 1. The van der Waals surface area contributed by atoms with Crippen molar-refractivity contribution < 1.29 is 0 Å². The van der Waals surface area contributed by atoms with Crippen LogP contribution in [0.4, 0.5) is 0 Å². The Hall–Kier alpha value is -1.35. The molecule has 0 amide bonds. The van der Waals surface area contributed by atoms with Gasteiger partial charge >= 0.3 is 0 Å². The van der Waals surface area contributed by atoms with Crippen molar-refractivity contribution in [3.63, 3.8) is 0 Å². The first-order chi connectivity index (χ1) is 7.63. The fourth-order valence-corrected chi connectivity index (χ4v) is 2.24. The van der Waals surface area contributed by atoms with Gasteiger partial charge in [-0.2, -0.15) is 5.10 Å². The molecule has 3 heteroatoms. The fourth-order valence-electron chi connectivity index (χ4n) is 2.24. The quantitative estimate of drug-likeness (QED) is 0.856. The summed E-state index contributed by atoms with van der Waals surface area (Å²) in [5, 5.41) is 8.83. The first-order valence-corrected chi connectivity index (χ1v) is 5.72. The van der Waals surface area contributed by atoms with Crippen LogP contribution in [-0.2, 0) is 7.05 Å². The maximum atomic E-state index is 4.26. The predicted octanol–water partition coefficient (Wildman–Crippen LogP) is 2.49. The molecule has 16 heavy (non-hydrogen) atoms. The zero-order valence-corrected chi connectivity index (χ0v) is 10.4. The molecule has 0 fully saturated rings. The van der Waals surface area contributed by atoms with E-state index in [4.69, 9.17) is 0 Å². The summed E-state index contributed by atoms with van der Waals surface area (Å²) in [7, 11) is 3.99. The number of rotatable bonds is 3. The van der Waals surface area contributed by atoms with Crippen LogP contribution in [-0.4, -0.2) is 16.8 Å². The number of fused-ring (bicyclic) bond motifs is 1. The predicted molar refractivity (Wildman–Crippen MR) is 67.4 cm³/mol. The van der Waals surface area contributed by atoms with E-state index in [9.17, 15) is 0 Å². The molecule has 0 aliphatic rings. The third-order valence-electron chi connectivity index (χ3n) is 3.11. The Morgan fingerprint density at radius 2 is 2.06 bits per heavy atom. The first kappa shape index (κ1) is 11.1. The van der Waals surface area contributed by atoms with Crippen LogP contribution in [0, 0.1) is 5.92 Å². The van der Waals surface area contributed by atoms with Crippen molar-refractivity contribution in [1.29, 1.82) is 0 Å². The van der Waals surface area contributed by atoms with Gasteiger partial charge in [-0.3, -0.25) is 4.68 Å². The lowest BCUT2D eigenvalue weighted by molar-refractivity contribution is 0.443. The van der Waals surface area contributed by atoms with E-state index in [2.05, 4.69) is 42.5 Å². The second kappa shape index (κ2) is 4.26. The Morgan fingerprint density at radius 1 is 1.31 bits per heavy atom. The van der Waals surface area contributed by atoms with E-state index in [1.165, 1.54) is 16.5 Å². The zero-order chi connectivity index (χ0) is 11.7. The van der Waals surface area contributed by atoms with E-state index in [-0.39, 0.29) is 0 Å². The fraction of sp³-hybridized carbons (Fsp3) is 0.462. The maximum Gasteiger partial charge on any atom is 0.0682 e. The molecule has 0 bridgehead atoms. The lowest BCUT2D eigenvalue weighted by Crippen LogP contribution is -2.21. The number of aryl methyl sites for hydroxylation is 1. The summed E-state index contributed by atoms with van der Waals surface area (Å²) in [6, 6.07) is 6.96. The summed E-state index contributed by atoms with van der Waals surface area (Å²) >= 11 is 0. The lowest BCUT2D eigenvalue weighted by atomic mass is 9.95. The Balaban J connectivity index is 2.48. The van der Waals surface area contributed by atoms with Crippen molar-refractivity contribution in [2.75, 3.05) is 7.05 Å². The summed E-state index contributed by atoms with van der Waals surface area (Å²) in [5.74, 6) is 0.579. The van der Waals surface area contributed by atoms with Gasteiger partial charge in [0.2, 0.25) is 0 Å². The number of hydrogen-bond donors (Lipinski definition) is 1. The van der Waals surface area contributed by atoms with Crippen molar-refractivity contribution in [2.24, 2.45) is 13.0 Å². The van der Waals surface area contributed by atoms with Crippen LogP contribution >= 0.6 is 0 Å². The number of nitrogens with one attached hydrogen (secondary N) is 1. The van der Waals surface area contributed by atoms with E-state index in [0.29, 0.717) is 12.0 Å². The molecule has 1 N–H and O–H groups in total. The van der Waals surface area contributed by atoms with Gasteiger partial charge in [0.25, 0.3) is 0 Å². The standard InChI is InChI=1S/C13H19N3/c1-9(2)13(14-3)10-5-6-11-8-15-16(4)12(11)7-10/h5-9,13-14H,1-4H3/t13-/m0/s1. The molecular weight excluding hydrogens is 198 g/mol. The van der Waals surface area contributed by atoms with Gasteiger partial charge < -0.3 is 5.32 Å². The zero-order valence-electron chi connectivity index (χ0n) is 10.4. The van der Waals surface area contributed by atoms with Gasteiger partial charge in [0.05, 0.1) is 11.7 Å². The first-order valence-electron chi connectivity index (χ1n) is 5.72. The van der Waals surface area contributed by atoms with Crippen LogP contribution in [0.1, 0.15) is 25.5 Å². The summed E-state index contributed by atoms with van der Waals surface area (Å²) in [6.07, 6.45) is 1.91. The van der Waals surface area contributed by atoms with Crippen molar-refractivity contribution in [1.82, 2.24) is 15.1 Å². The minimum Gasteiger partial charge on any atom is -0.313 e. The average molecular weight is 217 g/mol. The smallest absolute Gasteiger partial charge is 0.0682 e. The van der Waals surface area contributed by atoms with Crippen LogP contribution < -0.4 is 5.32 Å². The third kappa shape index (κ3) is 1.83. The van der Waals surface area contributed by atoms with Gasteiger partial charge in [0.1, 0.15) is 0 Å². The molecule has 0 radical (unpaired) electrons. The Labute approximate surface area is 96.5 Å². The highest BCUT2D eigenvalue weighted by Crippen LogP contribution is 2.24. The van der Waals surface area contributed by atoms with Crippen molar-refractivity contribution in [2.45, 2.75) is 19.9 Å². The lowest BCUT2D eigenvalue weighted by Gasteiger charge is -2.20. The number of aromatic nitrogens is 2. The molecule has 2 rings (SSSR count). The molecule has 86 valence electrons. The van der Waals surface area contributed by atoms with E-state index in [0.717, 1.165) is 0 Å². The Bertz CT molecular complexity index is 485. The van der Waals surface area contributed by atoms with E-state index in [1.807, 2.05) is 25.0 Å². The maximum absolute atomic E-state index is 4.26. The van der Waals surface area contributed by atoms with Crippen LogP contribution in [0.2, 0.25) is 0 Å². The van der Waals surface area contributed by atoms with Crippen molar-refractivity contribution in [3.05, 3.63) is 30.0 Å². The summed E-state index contributed by atoms with van der Waals surface area (Å²) in [5.41, 5.74) is 2.52. The third-order valence-corrected chi connectivity index (χ3v) is 3.11. The second-order valence-electron chi connectivity index (χ2n) is 4.60. The molecule has 1 aromatic heterocycles. The molecule has 0 unspecified atom stereocenters. The van der Waals surface area contributed by atoms with Gasteiger partial charge in [-0.15, -0.1) is 0 Å². The highest BCUT2D eigenvalue weighted by molar-refractivity contribution is 5.79. The molecule has 3 nitrogen and oxygen atoms in total. The number of nitrogens with zero attached hydrogens (tertiary/aromatic N) is 2. The molecule has 0 aliphatic carbocycles.